The fourth-order valence-electron chi connectivity index (χ4n) is 0.717. The summed E-state index contributed by atoms with van der Waals surface area (Å²) in [4.78, 5) is 11.0. The average Bonchev–Trinajstić information content (AvgIpc) is 2.47. The van der Waals surface area contributed by atoms with Crippen LogP contribution in [0.25, 0.3) is 0 Å². The molecule has 0 bridgehead atoms. The van der Waals surface area contributed by atoms with E-state index in [4.69, 9.17) is 23.2 Å². The molecule has 0 aliphatic heterocycles. The maximum absolute atomic E-state index is 11.0. The smallest absolute Gasteiger partial charge is 0.262 e. The first-order valence-electron chi connectivity index (χ1n) is 3.45. The summed E-state index contributed by atoms with van der Waals surface area (Å²) in [6.45, 7) is 3.68. The largest absolute Gasteiger partial charge is 0.347 e. The van der Waals surface area contributed by atoms with E-state index in [1.807, 2.05) is 11.4 Å². The van der Waals surface area contributed by atoms with Crippen LogP contribution in [0.4, 0.5) is 0 Å². The predicted octanol–water partition coefficient (Wildman–Crippen LogP) is 2.77. The molecule has 0 fully saturated rings. The second kappa shape index (κ2) is 4.65. The lowest BCUT2D eigenvalue weighted by atomic mass is 10.3. The van der Waals surface area contributed by atoms with Crippen LogP contribution < -0.4 is 5.32 Å². The normalized spacial score (nSPS) is 9.69. The molecule has 0 spiro atoms. The molecule has 0 saturated carbocycles. The number of hydrogen-bond acceptors (Lipinski definition) is 2. The van der Waals surface area contributed by atoms with Gasteiger partial charge >= 0.3 is 0 Å². The van der Waals surface area contributed by atoms with Gasteiger partial charge in [-0.05, 0) is 11.4 Å². The molecule has 70 valence electrons. The summed E-state index contributed by atoms with van der Waals surface area (Å²) in [7, 11) is 0. The molecule has 1 heterocycles. The van der Waals surface area contributed by atoms with E-state index in [1.54, 1.807) is 0 Å². The maximum atomic E-state index is 11.0. The second-order valence-corrected chi connectivity index (χ2v) is 4.28. The zero-order valence-electron chi connectivity index (χ0n) is 6.64. The van der Waals surface area contributed by atoms with E-state index in [0.717, 1.165) is 5.56 Å². The monoisotopic (exact) mass is 235 g/mol. The summed E-state index contributed by atoms with van der Waals surface area (Å²) >= 11 is 12.6. The van der Waals surface area contributed by atoms with Gasteiger partial charge in [-0.25, -0.2) is 0 Å². The fraction of sp³-hybridized carbons (Fsp3) is 0.125. The van der Waals surface area contributed by atoms with Gasteiger partial charge < -0.3 is 5.32 Å². The Bertz CT molecular complexity index is 335. The third-order valence-electron chi connectivity index (χ3n) is 1.38. The Kier molecular flexibility index (Phi) is 3.78. The van der Waals surface area contributed by atoms with Gasteiger partial charge in [0.25, 0.3) is 5.91 Å². The van der Waals surface area contributed by atoms with Crippen molar-refractivity contribution in [3.63, 3.8) is 0 Å². The van der Waals surface area contributed by atoms with Crippen LogP contribution in [0.2, 0.25) is 4.34 Å². The minimum Gasteiger partial charge on any atom is -0.347 e. The van der Waals surface area contributed by atoms with Crippen molar-refractivity contribution in [3.8, 4) is 0 Å². The molecule has 1 aromatic rings. The molecule has 1 aromatic heterocycles. The summed E-state index contributed by atoms with van der Waals surface area (Å²) in [5, 5.41) is 4.42. The Balaban J connectivity index is 2.48. The standard InChI is InChI=1S/C8H7Cl2NOS/c1-5(9)8(12)11-4-6-2-3-13-7(6)10/h2-3H,1,4H2,(H,11,12). The molecule has 1 rings (SSSR count). The van der Waals surface area contributed by atoms with Crippen LogP contribution in [0.15, 0.2) is 23.1 Å². The Morgan fingerprint density at radius 1 is 1.69 bits per heavy atom. The maximum Gasteiger partial charge on any atom is 0.262 e. The van der Waals surface area contributed by atoms with E-state index in [9.17, 15) is 4.79 Å². The number of thiophene rings is 1. The number of carbonyl (C=O) groups excluding carboxylic acids is 1. The zero-order valence-corrected chi connectivity index (χ0v) is 8.97. The molecule has 1 amide bonds. The molecule has 0 saturated heterocycles. The SMILES string of the molecule is C=C(Cl)C(=O)NCc1ccsc1Cl. The van der Waals surface area contributed by atoms with E-state index in [1.165, 1.54) is 11.3 Å². The first kappa shape index (κ1) is 10.6. The Morgan fingerprint density at radius 3 is 2.85 bits per heavy atom. The van der Waals surface area contributed by atoms with Crippen molar-refractivity contribution < 1.29 is 4.79 Å². The quantitative estimate of drug-likeness (QED) is 0.803. The van der Waals surface area contributed by atoms with Crippen molar-refractivity contribution in [1.82, 2.24) is 5.32 Å². The van der Waals surface area contributed by atoms with Gasteiger partial charge in [0.15, 0.2) is 0 Å². The molecule has 13 heavy (non-hydrogen) atoms. The molecule has 0 radical (unpaired) electrons. The summed E-state index contributed by atoms with van der Waals surface area (Å²) in [5.41, 5.74) is 0.887. The lowest BCUT2D eigenvalue weighted by Crippen LogP contribution is -2.22. The van der Waals surface area contributed by atoms with E-state index in [-0.39, 0.29) is 10.9 Å². The molecular weight excluding hydrogens is 229 g/mol. The van der Waals surface area contributed by atoms with E-state index < -0.39 is 0 Å². The van der Waals surface area contributed by atoms with Gasteiger partial charge in [0.05, 0.1) is 9.37 Å². The van der Waals surface area contributed by atoms with E-state index in [0.29, 0.717) is 10.9 Å². The van der Waals surface area contributed by atoms with Gasteiger partial charge in [-0.1, -0.05) is 29.8 Å². The molecule has 2 nitrogen and oxygen atoms in total. The second-order valence-electron chi connectivity index (χ2n) is 2.31. The third kappa shape index (κ3) is 3.03. The fourth-order valence-corrected chi connectivity index (χ4v) is 1.71. The van der Waals surface area contributed by atoms with Crippen LogP contribution in [-0.4, -0.2) is 5.91 Å². The lowest BCUT2D eigenvalue weighted by Gasteiger charge is -2.01. The van der Waals surface area contributed by atoms with E-state index >= 15 is 0 Å². The van der Waals surface area contributed by atoms with Crippen LogP contribution in [0.5, 0.6) is 0 Å². The van der Waals surface area contributed by atoms with Crippen molar-refractivity contribution >= 4 is 40.4 Å². The zero-order chi connectivity index (χ0) is 9.84. The number of hydrogen-bond donors (Lipinski definition) is 1. The van der Waals surface area contributed by atoms with Gasteiger partial charge in [-0.3, -0.25) is 4.79 Å². The van der Waals surface area contributed by atoms with Crippen LogP contribution >= 0.6 is 34.5 Å². The number of rotatable bonds is 3. The first-order valence-corrected chi connectivity index (χ1v) is 5.09. The van der Waals surface area contributed by atoms with Gasteiger partial charge in [-0.2, -0.15) is 0 Å². The summed E-state index contributed by atoms with van der Waals surface area (Å²) in [6.07, 6.45) is 0. The van der Waals surface area contributed by atoms with Crippen LogP contribution in [0.3, 0.4) is 0 Å². The van der Waals surface area contributed by atoms with Crippen LogP contribution in [0, 0.1) is 0 Å². The van der Waals surface area contributed by atoms with Gasteiger partial charge in [0.2, 0.25) is 0 Å². The molecule has 0 aromatic carbocycles. The van der Waals surface area contributed by atoms with Crippen LogP contribution in [0.1, 0.15) is 5.56 Å². The van der Waals surface area contributed by atoms with Gasteiger partial charge in [0.1, 0.15) is 0 Å². The van der Waals surface area contributed by atoms with Crippen molar-refractivity contribution in [2.75, 3.05) is 0 Å². The lowest BCUT2D eigenvalue weighted by molar-refractivity contribution is -0.117. The van der Waals surface area contributed by atoms with Crippen molar-refractivity contribution in [2.24, 2.45) is 0 Å². The average molecular weight is 236 g/mol. The molecule has 0 aliphatic carbocycles. The van der Waals surface area contributed by atoms with Crippen molar-refractivity contribution in [3.05, 3.63) is 33.0 Å². The highest BCUT2D eigenvalue weighted by Gasteiger charge is 2.05. The molecule has 5 heteroatoms. The first-order chi connectivity index (χ1) is 6.11. The highest BCUT2D eigenvalue weighted by Crippen LogP contribution is 2.22. The number of amides is 1. The topological polar surface area (TPSA) is 29.1 Å². The summed E-state index contributed by atoms with van der Waals surface area (Å²) in [5.74, 6) is -0.371. The molecule has 1 N–H and O–H groups in total. The van der Waals surface area contributed by atoms with E-state index in [2.05, 4.69) is 11.9 Å². The molecular formula is C8H7Cl2NOS. The van der Waals surface area contributed by atoms with Crippen LogP contribution in [-0.2, 0) is 11.3 Å². The number of carbonyl (C=O) groups is 1. The third-order valence-corrected chi connectivity index (χ3v) is 2.80. The Labute approximate surface area is 90.2 Å². The highest BCUT2D eigenvalue weighted by atomic mass is 35.5. The minimum atomic E-state index is -0.371. The summed E-state index contributed by atoms with van der Waals surface area (Å²) < 4.78 is 0.681. The molecule has 0 unspecified atom stereocenters. The minimum absolute atomic E-state index is 0.0219. The Hall–Kier alpha value is -0.510. The van der Waals surface area contributed by atoms with Gasteiger partial charge in [-0.15, -0.1) is 11.3 Å². The summed E-state index contributed by atoms with van der Waals surface area (Å²) in [6, 6.07) is 1.85. The van der Waals surface area contributed by atoms with Crippen molar-refractivity contribution in [1.29, 1.82) is 0 Å². The molecule has 0 atom stereocenters. The molecule has 0 aliphatic rings. The number of halogens is 2. The van der Waals surface area contributed by atoms with Gasteiger partial charge in [0, 0.05) is 12.1 Å². The van der Waals surface area contributed by atoms with Crippen molar-refractivity contribution in [2.45, 2.75) is 6.54 Å². The highest BCUT2D eigenvalue weighted by molar-refractivity contribution is 7.14. The Morgan fingerprint density at radius 2 is 2.38 bits per heavy atom. The number of nitrogens with one attached hydrogen (secondary N) is 1. The predicted molar refractivity (Wildman–Crippen MR) is 56.2 cm³/mol.